The fourth-order valence-corrected chi connectivity index (χ4v) is 2.09. The summed E-state index contributed by atoms with van der Waals surface area (Å²) in [6.45, 7) is 6.55. The van der Waals surface area contributed by atoms with Crippen molar-refractivity contribution in [1.82, 2.24) is 16.0 Å². The summed E-state index contributed by atoms with van der Waals surface area (Å²) >= 11 is 3.89. The van der Waals surface area contributed by atoms with E-state index in [1.165, 1.54) is 13.8 Å². The molecule has 0 bridgehead atoms. The third kappa shape index (κ3) is 7.74. The molecular weight excluding hydrogens is 348 g/mol. The maximum absolute atomic E-state index is 12.4. The summed E-state index contributed by atoms with van der Waals surface area (Å²) in [6.07, 6.45) is 0.581. The van der Waals surface area contributed by atoms with E-state index in [4.69, 9.17) is 10.8 Å². The maximum atomic E-state index is 12.4. The van der Waals surface area contributed by atoms with Crippen LogP contribution in [0.2, 0.25) is 0 Å². The molecule has 0 aliphatic carbocycles. The number of aliphatic carboxylic acids is 1. The van der Waals surface area contributed by atoms with Gasteiger partial charge in [0.1, 0.15) is 18.1 Å². The van der Waals surface area contributed by atoms with Crippen LogP contribution in [0.1, 0.15) is 34.1 Å². The van der Waals surface area contributed by atoms with Gasteiger partial charge < -0.3 is 26.8 Å². The molecule has 0 rings (SSSR count). The zero-order chi connectivity index (χ0) is 19.7. The van der Waals surface area contributed by atoms with E-state index >= 15 is 0 Å². The summed E-state index contributed by atoms with van der Waals surface area (Å²) < 4.78 is 0. The molecule has 144 valence electrons. The Morgan fingerprint density at radius 2 is 1.56 bits per heavy atom. The number of carboxylic acid groups (broad SMARTS) is 1. The highest BCUT2D eigenvalue weighted by Crippen LogP contribution is 2.09. The molecule has 25 heavy (non-hydrogen) atoms. The number of carboxylic acids is 1. The van der Waals surface area contributed by atoms with Crippen LogP contribution in [0.5, 0.6) is 0 Å². The first kappa shape index (κ1) is 23.2. The highest BCUT2D eigenvalue weighted by molar-refractivity contribution is 7.80. The minimum Gasteiger partial charge on any atom is -0.480 e. The molecule has 0 radical (unpaired) electrons. The van der Waals surface area contributed by atoms with Crippen molar-refractivity contribution in [3.63, 3.8) is 0 Å². The minimum atomic E-state index is -1.21. The van der Waals surface area contributed by atoms with Gasteiger partial charge in [0.05, 0.1) is 6.04 Å². The van der Waals surface area contributed by atoms with Crippen molar-refractivity contribution in [2.24, 2.45) is 11.7 Å². The summed E-state index contributed by atoms with van der Waals surface area (Å²) in [6, 6.07) is -3.75. The van der Waals surface area contributed by atoms with Crippen molar-refractivity contribution in [3.8, 4) is 0 Å². The van der Waals surface area contributed by atoms with Gasteiger partial charge >= 0.3 is 5.97 Å². The van der Waals surface area contributed by atoms with Crippen molar-refractivity contribution in [3.05, 3.63) is 0 Å². The fraction of sp³-hybridized carbons (Fsp3) is 0.733. The molecule has 0 fully saturated rings. The molecule has 6 N–H and O–H groups in total. The second kappa shape index (κ2) is 10.9. The lowest BCUT2D eigenvalue weighted by Crippen LogP contribution is -2.58. The summed E-state index contributed by atoms with van der Waals surface area (Å²) in [5.74, 6) is -3.21. The van der Waals surface area contributed by atoms with Crippen LogP contribution in [-0.2, 0) is 19.2 Å². The summed E-state index contributed by atoms with van der Waals surface area (Å²) in [7, 11) is 0. The molecule has 3 amide bonds. The number of thiol groups is 1. The Labute approximate surface area is 152 Å². The van der Waals surface area contributed by atoms with Crippen molar-refractivity contribution in [2.75, 3.05) is 5.75 Å². The Morgan fingerprint density at radius 3 is 1.96 bits per heavy atom. The topological polar surface area (TPSA) is 151 Å². The van der Waals surface area contributed by atoms with Gasteiger partial charge in [-0.2, -0.15) is 12.6 Å². The molecule has 10 heteroatoms. The van der Waals surface area contributed by atoms with Crippen molar-refractivity contribution in [2.45, 2.75) is 58.3 Å². The number of carbonyl (C=O) groups excluding carboxylic acids is 3. The molecular formula is C15H28N4O5S. The van der Waals surface area contributed by atoms with Gasteiger partial charge in [0, 0.05) is 5.75 Å². The molecule has 0 aromatic rings. The van der Waals surface area contributed by atoms with Gasteiger partial charge in [-0.15, -0.1) is 0 Å². The minimum absolute atomic E-state index is 0.0803. The smallest absolute Gasteiger partial charge is 0.327 e. The molecule has 5 unspecified atom stereocenters. The Bertz CT molecular complexity index is 500. The van der Waals surface area contributed by atoms with Crippen LogP contribution in [0.25, 0.3) is 0 Å². The second-order valence-electron chi connectivity index (χ2n) is 5.97. The van der Waals surface area contributed by atoms with E-state index in [2.05, 4.69) is 28.6 Å². The number of nitrogens with two attached hydrogens (primary N) is 1. The van der Waals surface area contributed by atoms with Crippen molar-refractivity contribution < 1.29 is 24.3 Å². The molecule has 0 aliphatic heterocycles. The van der Waals surface area contributed by atoms with E-state index < -0.39 is 47.9 Å². The molecule has 9 nitrogen and oxygen atoms in total. The highest BCUT2D eigenvalue weighted by Gasteiger charge is 2.30. The Balaban J connectivity index is 5.04. The number of hydrogen-bond acceptors (Lipinski definition) is 6. The number of amides is 3. The molecule has 0 aromatic carbocycles. The van der Waals surface area contributed by atoms with Crippen molar-refractivity contribution >= 4 is 36.3 Å². The average Bonchev–Trinajstić information content (AvgIpc) is 2.55. The van der Waals surface area contributed by atoms with Gasteiger partial charge in [-0.3, -0.25) is 14.4 Å². The Kier molecular flexibility index (Phi) is 10.1. The summed E-state index contributed by atoms with van der Waals surface area (Å²) in [5.41, 5.74) is 5.43. The van der Waals surface area contributed by atoms with Gasteiger partial charge in [-0.05, 0) is 19.8 Å². The average molecular weight is 376 g/mol. The largest absolute Gasteiger partial charge is 0.480 e. The first-order valence-corrected chi connectivity index (χ1v) is 8.68. The van der Waals surface area contributed by atoms with Crippen LogP contribution in [0.15, 0.2) is 0 Å². The van der Waals surface area contributed by atoms with E-state index in [1.54, 1.807) is 6.92 Å². The molecule has 0 saturated carbocycles. The molecule has 0 aromatic heterocycles. The lowest BCUT2D eigenvalue weighted by Gasteiger charge is -2.26. The quantitative estimate of drug-likeness (QED) is 0.266. The van der Waals surface area contributed by atoms with E-state index in [9.17, 15) is 19.2 Å². The second-order valence-corrected chi connectivity index (χ2v) is 6.34. The molecule has 5 atom stereocenters. The van der Waals surface area contributed by atoms with Crippen LogP contribution < -0.4 is 21.7 Å². The normalized spacial score (nSPS) is 16.7. The third-order valence-corrected chi connectivity index (χ3v) is 4.12. The molecule has 0 aliphatic rings. The number of carbonyl (C=O) groups is 4. The zero-order valence-electron chi connectivity index (χ0n) is 14.9. The first-order valence-electron chi connectivity index (χ1n) is 8.05. The SMILES string of the molecule is CCC(C)C(NC(=O)C(C)NC(=O)C(C)N)C(=O)NC(CS)C(=O)O. The highest BCUT2D eigenvalue weighted by atomic mass is 32.1. The third-order valence-electron chi connectivity index (χ3n) is 3.76. The number of rotatable bonds is 10. The lowest BCUT2D eigenvalue weighted by atomic mass is 9.97. The van der Waals surface area contributed by atoms with Gasteiger partial charge in [-0.25, -0.2) is 4.79 Å². The van der Waals surface area contributed by atoms with Crippen LogP contribution in [-0.4, -0.2) is 58.7 Å². The number of nitrogens with one attached hydrogen (secondary N) is 3. The zero-order valence-corrected chi connectivity index (χ0v) is 15.8. The predicted molar refractivity (Wildman–Crippen MR) is 96.1 cm³/mol. The van der Waals surface area contributed by atoms with Crippen molar-refractivity contribution in [1.29, 1.82) is 0 Å². The Morgan fingerprint density at radius 1 is 1.00 bits per heavy atom. The van der Waals surface area contributed by atoms with Crippen LogP contribution in [0, 0.1) is 5.92 Å². The van der Waals surface area contributed by atoms with E-state index in [-0.39, 0.29) is 11.7 Å². The van der Waals surface area contributed by atoms with E-state index in [1.807, 2.05) is 6.92 Å². The molecule has 0 spiro atoms. The van der Waals surface area contributed by atoms with Crippen LogP contribution in [0.4, 0.5) is 0 Å². The van der Waals surface area contributed by atoms with Gasteiger partial charge in [0.2, 0.25) is 17.7 Å². The monoisotopic (exact) mass is 376 g/mol. The lowest BCUT2D eigenvalue weighted by molar-refractivity contribution is -0.142. The number of hydrogen-bond donors (Lipinski definition) is 6. The standard InChI is InChI=1S/C15H28N4O5S/c1-5-7(2)11(14(22)18-10(6-25)15(23)24)19-13(21)9(4)17-12(20)8(3)16/h7-11,25H,5-6,16H2,1-4H3,(H,17,20)(H,18,22)(H,19,21)(H,23,24). The molecule has 0 heterocycles. The van der Waals surface area contributed by atoms with Crippen LogP contribution >= 0.6 is 12.6 Å². The van der Waals surface area contributed by atoms with E-state index in [0.29, 0.717) is 6.42 Å². The summed E-state index contributed by atoms with van der Waals surface area (Å²) in [4.78, 5) is 47.2. The maximum Gasteiger partial charge on any atom is 0.327 e. The van der Waals surface area contributed by atoms with Gasteiger partial charge in [0.25, 0.3) is 0 Å². The van der Waals surface area contributed by atoms with Crippen LogP contribution in [0.3, 0.4) is 0 Å². The predicted octanol–water partition coefficient (Wildman–Crippen LogP) is -1.13. The van der Waals surface area contributed by atoms with Gasteiger partial charge in [0.15, 0.2) is 0 Å². The Hall–Kier alpha value is -1.81. The van der Waals surface area contributed by atoms with E-state index in [0.717, 1.165) is 0 Å². The van der Waals surface area contributed by atoms with Gasteiger partial charge in [-0.1, -0.05) is 20.3 Å². The first-order chi connectivity index (χ1) is 11.5. The fourth-order valence-electron chi connectivity index (χ4n) is 1.84. The molecule has 0 saturated heterocycles. The summed E-state index contributed by atoms with van der Waals surface area (Å²) in [5, 5.41) is 16.4.